The molecule has 0 heterocycles. The van der Waals surface area contributed by atoms with Crippen LogP contribution in [0.2, 0.25) is 0 Å². The van der Waals surface area contributed by atoms with E-state index in [1.807, 2.05) is 0 Å². The number of nitrogens with one attached hydrogen (secondary N) is 1. The summed E-state index contributed by atoms with van der Waals surface area (Å²) in [5, 5.41) is 2.49. The molecule has 0 spiro atoms. The van der Waals surface area contributed by atoms with Gasteiger partial charge in [0.2, 0.25) is 0 Å². The Bertz CT molecular complexity index is 351. The van der Waals surface area contributed by atoms with E-state index in [-0.39, 0.29) is 5.91 Å². The second-order valence-electron chi connectivity index (χ2n) is 2.43. The first-order valence-electron chi connectivity index (χ1n) is 3.58. The molecule has 0 radical (unpaired) electrons. The second-order valence-corrected chi connectivity index (χ2v) is 4.39. The van der Waals surface area contributed by atoms with Crippen LogP contribution in [-0.4, -0.2) is 24.3 Å². The van der Waals surface area contributed by atoms with E-state index in [1.165, 1.54) is 13.0 Å². The topological polar surface area (TPSA) is 66.4 Å². The number of carbonyl (C=O) groups excluding carboxylic acids is 1. The number of para-hydroxylation sites is 1. The van der Waals surface area contributed by atoms with Crippen LogP contribution >= 0.6 is 0 Å². The zero-order valence-electron chi connectivity index (χ0n) is 6.98. The monoisotopic (exact) mass is 247 g/mol. The summed E-state index contributed by atoms with van der Waals surface area (Å²) in [4.78, 5) is 10.7. The molecule has 1 unspecified atom stereocenters. The molecule has 1 atom stereocenters. The molecule has 1 rings (SSSR count). The number of anilines is 1. The molecule has 0 bridgehead atoms. The van der Waals surface area contributed by atoms with Crippen molar-refractivity contribution in [2.75, 3.05) is 5.32 Å². The summed E-state index contributed by atoms with van der Waals surface area (Å²) in [6.45, 7) is 1.36. The standard InChI is InChI=1S/C8H9NO3Se/c1-6(10)9-7-4-2-3-5-8(7)13(11)12/h2-5H,1H3,(H,9,10)(H,11,12). The van der Waals surface area contributed by atoms with E-state index >= 15 is 0 Å². The fourth-order valence-electron chi connectivity index (χ4n) is 0.912. The van der Waals surface area contributed by atoms with E-state index in [4.69, 9.17) is 4.19 Å². The third-order valence-corrected chi connectivity index (χ3v) is 2.92. The molecule has 0 aliphatic heterocycles. The third kappa shape index (κ3) is 2.73. The van der Waals surface area contributed by atoms with Gasteiger partial charge in [0.25, 0.3) is 0 Å². The quantitative estimate of drug-likeness (QED) is 0.708. The van der Waals surface area contributed by atoms with Gasteiger partial charge in [-0.05, 0) is 0 Å². The Labute approximate surface area is 80.0 Å². The summed E-state index contributed by atoms with van der Waals surface area (Å²) < 4.78 is 20.1. The molecule has 0 aromatic heterocycles. The van der Waals surface area contributed by atoms with Gasteiger partial charge in [0, 0.05) is 0 Å². The van der Waals surface area contributed by atoms with Gasteiger partial charge < -0.3 is 0 Å². The van der Waals surface area contributed by atoms with Gasteiger partial charge in [-0.2, -0.15) is 0 Å². The van der Waals surface area contributed by atoms with E-state index in [1.54, 1.807) is 18.2 Å². The SMILES string of the molecule is CC(=O)Nc1ccccc1[Se](=O)O. The molecule has 0 fully saturated rings. The van der Waals surface area contributed by atoms with E-state index in [0.29, 0.717) is 10.1 Å². The van der Waals surface area contributed by atoms with Gasteiger partial charge in [0.15, 0.2) is 0 Å². The van der Waals surface area contributed by atoms with E-state index in [9.17, 15) is 8.63 Å². The normalized spacial score (nSPS) is 12.2. The molecule has 13 heavy (non-hydrogen) atoms. The average molecular weight is 246 g/mol. The van der Waals surface area contributed by atoms with Crippen molar-refractivity contribution in [1.82, 2.24) is 0 Å². The number of benzene rings is 1. The average Bonchev–Trinajstić information content (AvgIpc) is 2.03. The Hall–Kier alpha value is -1.03. The van der Waals surface area contributed by atoms with Gasteiger partial charge in [0.1, 0.15) is 0 Å². The predicted octanol–water partition coefficient (Wildman–Crippen LogP) is -0.237. The third-order valence-electron chi connectivity index (χ3n) is 1.39. The van der Waals surface area contributed by atoms with Gasteiger partial charge in [-0.1, -0.05) is 0 Å². The summed E-state index contributed by atoms with van der Waals surface area (Å²) in [5.41, 5.74) is 0.414. The first-order valence-corrected chi connectivity index (χ1v) is 5.91. The maximum absolute atomic E-state index is 10.9. The molecular formula is C8H9NO3Se. The summed E-state index contributed by atoms with van der Waals surface area (Å²) >= 11 is -2.96. The predicted molar refractivity (Wildman–Crippen MR) is 49.0 cm³/mol. The Kier molecular flexibility index (Phi) is 3.31. The Balaban J connectivity index is 3.04. The summed E-state index contributed by atoms with van der Waals surface area (Å²) in [5.74, 6) is -0.250. The van der Waals surface area contributed by atoms with E-state index in [2.05, 4.69) is 5.32 Å². The van der Waals surface area contributed by atoms with Crippen molar-refractivity contribution < 1.29 is 12.8 Å². The van der Waals surface area contributed by atoms with Crippen molar-refractivity contribution in [2.24, 2.45) is 0 Å². The van der Waals surface area contributed by atoms with Gasteiger partial charge in [-0.25, -0.2) is 0 Å². The van der Waals surface area contributed by atoms with Crippen LogP contribution in [0.3, 0.4) is 0 Å². The number of rotatable bonds is 2. The van der Waals surface area contributed by atoms with Gasteiger partial charge in [-0.15, -0.1) is 0 Å². The molecule has 1 aromatic rings. The zero-order valence-corrected chi connectivity index (χ0v) is 8.69. The van der Waals surface area contributed by atoms with Crippen molar-refractivity contribution >= 4 is 30.2 Å². The molecule has 0 aliphatic rings. The molecule has 1 aromatic carbocycles. The van der Waals surface area contributed by atoms with Crippen LogP contribution in [0, 0.1) is 0 Å². The van der Waals surface area contributed by atoms with Crippen LogP contribution in [-0.2, 0) is 8.63 Å². The number of hydrogen-bond donors (Lipinski definition) is 2. The van der Waals surface area contributed by atoms with Crippen LogP contribution in [0.4, 0.5) is 5.69 Å². The van der Waals surface area contributed by atoms with Crippen molar-refractivity contribution in [1.29, 1.82) is 0 Å². The van der Waals surface area contributed by atoms with Crippen LogP contribution in [0.25, 0.3) is 0 Å². The number of amides is 1. The molecule has 0 saturated heterocycles. The van der Waals surface area contributed by atoms with Crippen LogP contribution in [0.15, 0.2) is 24.3 Å². The summed E-state index contributed by atoms with van der Waals surface area (Å²) in [7, 11) is 0. The zero-order chi connectivity index (χ0) is 9.84. The van der Waals surface area contributed by atoms with Crippen LogP contribution < -0.4 is 9.78 Å². The minimum absolute atomic E-state index is 0.250. The first kappa shape index (κ1) is 10.1. The molecule has 5 heteroatoms. The molecule has 4 nitrogen and oxygen atoms in total. The van der Waals surface area contributed by atoms with Crippen molar-refractivity contribution in [2.45, 2.75) is 6.92 Å². The van der Waals surface area contributed by atoms with E-state index < -0.39 is 14.2 Å². The second kappa shape index (κ2) is 4.28. The first-order chi connectivity index (χ1) is 6.11. The Morgan fingerprint density at radius 3 is 2.62 bits per heavy atom. The molecular weight excluding hydrogens is 237 g/mol. The van der Waals surface area contributed by atoms with Crippen molar-refractivity contribution in [3.8, 4) is 0 Å². The molecule has 2 N–H and O–H groups in total. The Morgan fingerprint density at radius 1 is 1.46 bits per heavy atom. The van der Waals surface area contributed by atoms with Crippen molar-refractivity contribution in [3.05, 3.63) is 24.3 Å². The van der Waals surface area contributed by atoms with Gasteiger partial charge in [0.05, 0.1) is 0 Å². The summed E-state index contributed by atoms with van der Waals surface area (Å²) in [6.07, 6.45) is 0. The molecule has 1 amide bonds. The maximum atomic E-state index is 10.9. The molecule has 0 saturated carbocycles. The van der Waals surface area contributed by atoms with Crippen LogP contribution in [0.5, 0.6) is 0 Å². The molecule has 70 valence electrons. The van der Waals surface area contributed by atoms with Crippen molar-refractivity contribution in [3.63, 3.8) is 0 Å². The van der Waals surface area contributed by atoms with Gasteiger partial charge >= 0.3 is 79.5 Å². The number of carbonyl (C=O) groups is 1. The molecule has 0 aliphatic carbocycles. The number of hydrogen-bond acceptors (Lipinski definition) is 2. The van der Waals surface area contributed by atoms with Gasteiger partial charge in [-0.3, -0.25) is 0 Å². The fraction of sp³-hybridized carbons (Fsp3) is 0.125. The minimum atomic E-state index is -2.96. The fourth-order valence-corrected chi connectivity index (χ4v) is 1.97. The van der Waals surface area contributed by atoms with E-state index in [0.717, 1.165) is 0 Å². The Morgan fingerprint density at radius 2 is 2.08 bits per heavy atom. The van der Waals surface area contributed by atoms with Crippen LogP contribution in [0.1, 0.15) is 6.92 Å². The summed E-state index contributed by atoms with van der Waals surface area (Å²) in [6, 6.07) is 6.48.